The summed E-state index contributed by atoms with van der Waals surface area (Å²) in [5.74, 6) is -1.61. The van der Waals surface area contributed by atoms with E-state index >= 15 is 0 Å². The van der Waals surface area contributed by atoms with Crippen molar-refractivity contribution >= 4 is 18.2 Å². The van der Waals surface area contributed by atoms with E-state index < -0.39 is 11.9 Å². The second-order valence-corrected chi connectivity index (χ2v) is 4.24. The van der Waals surface area contributed by atoms with E-state index in [1.807, 2.05) is 0 Å². The number of unbranched alkanes of at least 4 members (excludes halogenated alkanes) is 1. The van der Waals surface area contributed by atoms with Crippen LogP contribution in [-0.2, 0) is 14.4 Å². The van der Waals surface area contributed by atoms with Gasteiger partial charge in [0.05, 0.1) is 0 Å². The number of aliphatic carboxylic acids is 2. The minimum atomic E-state index is -0.841. The van der Waals surface area contributed by atoms with E-state index in [-0.39, 0.29) is 18.5 Å². The molecule has 1 rings (SSSR count). The molecule has 1 heterocycles. The van der Waals surface area contributed by atoms with Gasteiger partial charge < -0.3 is 20.7 Å². The van der Waals surface area contributed by atoms with Gasteiger partial charge in [-0.25, -0.2) is 0 Å². The van der Waals surface area contributed by atoms with E-state index in [4.69, 9.17) is 15.9 Å². The molecule has 2 atom stereocenters. The van der Waals surface area contributed by atoms with Gasteiger partial charge in [0.15, 0.2) is 0 Å². The molecule has 1 aliphatic rings. The summed E-state index contributed by atoms with van der Waals surface area (Å²) in [6, 6.07) is -0.332. The molecule has 0 spiro atoms. The monoisotopic (exact) mass is 260 g/mol. The quantitative estimate of drug-likeness (QED) is 0.452. The van der Waals surface area contributed by atoms with Crippen molar-refractivity contribution in [1.29, 1.82) is 0 Å². The lowest BCUT2D eigenvalue weighted by Crippen LogP contribution is -2.32. The lowest BCUT2D eigenvalue weighted by molar-refractivity contribution is -0.141. The average molecular weight is 260 g/mol. The first-order chi connectivity index (χ1) is 8.38. The van der Waals surface area contributed by atoms with Crippen molar-refractivity contribution in [2.75, 3.05) is 13.6 Å². The fourth-order valence-corrected chi connectivity index (χ4v) is 1.66. The van der Waals surface area contributed by atoms with Gasteiger partial charge >= 0.3 is 11.9 Å². The summed E-state index contributed by atoms with van der Waals surface area (Å²) in [5, 5.41) is 16.6. The van der Waals surface area contributed by atoms with Gasteiger partial charge in [-0.15, -0.1) is 0 Å². The Labute approximate surface area is 106 Å². The number of likely N-dealkylation sites (tertiary alicyclic amines) is 1. The van der Waals surface area contributed by atoms with Gasteiger partial charge in [-0.05, 0) is 19.9 Å². The third-order valence-electron chi connectivity index (χ3n) is 2.58. The normalized spacial score (nSPS) is 23.0. The van der Waals surface area contributed by atoms with Gasteiger partial charge in [-0.1, -0.05) is 0 Å². The Morgan fingerprint density at radius 2 is 2.06 bits per heavy atom. The molecule has 18 heavy (non-hydrogen) atoms. The molecule has 0 radical (unpaired) electrons. The summed E-state index contributed by atoms with van der Waals surface area (Å²) >= 11 is 0. The second kappa shape index (κ2) is 8.60. The topological polar surface area (TPSA) is 121 Å². The van der Waals surface area contributed by atoms with Crippen molar-refractivity contribution in [3.8, 4) is 0 Å². The van der Waals surface area contributed by atoms with Crippen LogP contribution in [0.3, 0.4) is 0 Å². The molecular weight excluding hydrogens is 240 g/mol. The number of rotatable bonds is 5. The molecule has 1 aliphatic heterocycles. The highest BCUT2D eigenvalue weighted by molar-refractivity contribution is 5.73. The Kier molecular flexibility index (Phi) is 7.89. The largest absolute Gasteiger partial charge is 0.481 e. The number of nitrogens with zero attached hydrogens (tertiary/aromatic N) is 1. The minimum absolute atomic E-state index is 0.0334. The Hall–Kier alpha value is -1.47. The number of carboxylic acids is 2. The van der Waals surface area contributed by atoms with Gasteiger partial charge in [0.25, 0.3) is 0 Å². The van der Waals surface area contributed by atoms with E-state index in [0.717, 1.165) is 6.29 Å². The smallest absolute Gasteiger partial charge is 0.320 e. The highest BCUT2D eigenvalue weighted by Crippen LogP contribution is 2.13. The number of hydrogen-bond donors (Lipinski definition) is 3. The summed E-state index contributed by atoms with van der Waals surface area (Å²) < 4.78 is 0. The van der Waals surface area contributed by atoms with Crippen LogP contribution in [0.25, 0.3) is 0 Å². The predicted molar refractivity (Wildman–Crippen MR) is 64.2 cm³/mol. The highest BCUT2D eigenvalue weighted by atomic mass is 16.4. The molecule has 1 fully saturated rings. The maximum absolute atomic E-state index is 10.5. The molecule has 1 saturated heterocycles. The Bertz CT molecular complexity index is 295. The molecule has 0 amide bonds. The van der Waals surface area contributed by atoms with Gasteiger partial charge in [-0.2, -0.15) is 0 Å². The highest BCUT2D eigenvalue weighted by Gasteiger charge is 2.31. The van der Waals surface area contributed by atoms with Crippen LogP contribution in [0.2, 0.25) is 0 Å². The average Bonchev–Trinajstić information content (AvgIpc) is 2.59. The first-order valence-corrected chi connectivity index (χ1v) is 5.72. The van der Waals surface area contributed by atoms with Gasteiger partial charge in [0.2, 0.25) is 0 Å². The predicted octanol–water partition coefficient (Wildman–Crippen LogP) is -0.457. The van der Waals surface area contributed by atoms with Crippen LogP contribution in [0.5, 0.6) is 0 Å². The summed E-state index contributed by atoms with van der Waals surface area (Å²) in [5.41, 5.74) is 5.55. The molecule has 104 valence electrons. The fraction of sp³-hybridized carbons (Fsp3) is 0.727. The zero-order valence-electron chi connectivity index (χ0n) is 10.4. The second-order valence-electron chi connectivity index (χ2n) is 4.24. The zero-order valence-corrected chi connectivity index (χ0v) is 10.4. The Balaban J connectivity index is 0.000000331. The summed E-state index contributed by atoms with van der Waals surface area (Å²) in [4.78, 5) is 31.6. The van der Waals surface area contributed by atoms with Crippen LogP contribution in [0.4, 0.5) is 0 Å². The minimum Gasteiger partial charge on any atom is -0.481 e. The van der Waals surface area contributed by atoms with Gasteiger partial charge in [0.1, 0.15) is 12.3 Å². The van der Waals surface area contributed by atoms with Crippen molar-refractivity contribution in [3.05, 3.63) is 0 Å². The molecule has 4 N–H and O–H groups in total. The molecule has 0 aromatic carbocycles. The molecule has 0 aliphatic carbocycles. The van der Waals surface area contributed by atoms with Crippen molar-refractivity contribution in [3.63, 3.8) is 0 Å². The van der Waals surface area contributed by atoms with E-state index in [9.17, 15) is 14.4 Å². The summed E-state index contributed by atoms with van der Waals surface area (Å²) in [6.45, 7) is 0.691. The maximum atomic E-state index is 10.5. The summed E-state index contributed by atoms with van der Waals surface area (Å²) in [6.07, 6.45) is 2.21. The maximum Gasteiger partial charge on any atom is 0.320 e. The van der Waals surface area contributed by atoms with Crippen molar-refractivity contribution in [2.24, 2.45) is 5.73 Å². The van der Waals surface area contributed by atoms with Crippen LogP contribution < -0.4 is 5.73 Å². The summed E-state index contributed by atoms with van der Waals surface area (Å²) in [7, 11) is 1.78. The van der Waals surface area contributed by atoms with Crippen molar-refractivity contribution in [2.45, 2.75) is 37.8 Å². The number of carboxylic acid groups (broad SMARTS) is 2. The number of likely N-dealkylation sites (N-methyl/N-ethyl adjacent to an activating group) is 1. The number of aldehydes is 1. The Morgan fingerprint density at radius 3 is 2.33 bits per heavy atom. The molecule has 2 unspecified atom stereocenters. The number of hydrogen-bond acceptors (Lipinski definition) is 5. The Morgan fingerprint density at radius 1 is 1.44 bits per heavy atom. The van der Waals surface area contributed by atoms with E-state index in [1.165, 1.54) is 0 Å². The molecule has 0 bridgehead atoms. The third-order valence-corrected chi connectivity index (χ3v) is 2.58. The van der Waals surface area contributed by atoms with Gasteiger partial charge in [0, 0.05) is 25.4 Å². The van der Waals surface area contributed by atoms with Crippen LogP contribution in [0.15, 0.2) is 0 Å². The number of carbonyl (C=O) groups is 3. The number of carbonyl (C=O) groups excluding carboxylic acids is 1. The standard InChI is InChI=1S/C6H12N2O2.C5H8O3/c1-8-3-4(7)2-5(8)6(9)10;6-4-2-1-3-5(7)8/h4-5H,2-3,7H2,1H3,(H,9,10);4H,1-3H2,(H,7,8). The zero-order chi connectivity index (χ0) is 14.1. The SMILES string of the molecule is CN1CC(N)CC1C(=O)O.O=CCCCC(=O)O. The van der Waals surface area contributed by atoms with E-state index in [2.05, 4.69) is 0 Å². The fourth-order valence-electron chi connectivity index (χ4n) is 1.66. The van der Waals surface area contributed by atoms with Crippen LogP contribution >= 0.6 is 0 Å². The van der Waals surface area contributed by atoms with Crippen LogP contribution in [0.1, 0.15) is 25.7 Å². The molecule has 7 heteroatoms. The lowest BCUT2D eigenvalue weighted by Gasteiger charge is -2.12. The molecular formula is C11H20N2O5. The van der Waals surface area contributed by atoms with E-state index in [0.29, 0.717) is 25.8 Å². The van der Waals surface area contributed by atoms with Crippen LogP contribution in [0, 0.1) is 0 Å². The van der Waals surface area contributed by atoms with E-state index in [1.54, 1.807) is 11.9 Å². The van der Waals surface area contributed by atoms with Gasteiger partial charge in [-0.3, -0.25) is 14.5 Å². The molecule has 0 saturated carbocycles. The lowest BCUT2D eigenvalue weighted by atomic mass is 10.2. The third kappa shape index (κ3) is 6.97. The number of nitrogens with two attached hydrogens (primary N) is 1. The van der Waals surface area contributed by atoms with Crippen LogP contribution in [-0.4, -0.2) is 59.0 Å². The molecule has 0 aromatic heterocycles. The first kappa shape index (κ1) is 16.5. The molecule has 7 nitrogen and oxygen atoms in total. The van der Waals surface area contributed by atoms with Crippen molar-refractivity contribution < 1.29 is 24.6 Å². The van der Waals surface area contributed by atoms with Crippen molar-refractivity contribution in [1.82, 2.24) is 4.90 Å². The first-order valence-electron chi connectivity index (χ1n) is 5.72. The molecule has 0 aromatic rings.